The largest absolute Gasteiger partial charge is 0.314 e. The quantitative estimate of drug-likeness (QED) is 0.189. The van der Waals surface area contributed by atoms with Crippen molar-refractivity contribution in [1.82, 2.24) is 58.5 Å². The Bertz CT molecular complexity index is 430. The number of nitrogens with one attached hydrogen (secondary N) is 11. The molecular formula is C27H65N11. The summed E-state index contributed by atoms with van der Waals surface area (Å²) in [6, 6.07) is 0. The van der Waals surface area contributed by atoms with E-state index in [0.717, 1.165) is 131 Å². The molecule has 1 rings (SSSR count). The number of hydrogen-bond donors (Lipinski definition) is 11. The molecule has 1 heterocycles. The SMILES string of the molecule is CCCC1(CCC)CNCCNCCNCCNCCNCCNCCNCCNCCNCNCCN1. The minimum atomic E-state index is 0.190. The normalized spacial score (nSPS) is 23.5. The summed E-state index contributed by atoms with van der Waals surface area (Å²) in [4.78, 5) is 0. The number of hydrogen-bond acceptors (Lipinski definition) is 11. The van der Waals surface area contributed by atoms with E-state index in [1.807, 2.05) is 0 Å². The Kier molecular flexibility index (Phi) is 26.3. The van der Waals surface area contributed by atoms with Crippen LogP contribution in [-0.4, -0.2) is 137 Å². The Morgan fingerprint density at radius 2 is 0.658 bits per heavy atom. The van der Waals surface area contributed by atoms with Crippen LogP contribution in [0, 0.1) is 0 Å². The van der Waals surface area contributed by atoms with Crippen molar-refractivity contribution < 1.29 is 0 Å². The second-order valence-electron chi connectivity index (χ2n) is 10.3. The molecule has 228 valence electrons. The lowest BCUT2D eigenvalue weighted by atomic mass is 9.88. The van der Waals surface area contributed by atoms with Crippen molar-refractivity contribution in [3.8, 4) is 0 Å². The second-order valence-corrected chi connectivity index (χ2v) is 10.3. The molecule has 0 amide bonds. The van der Waals surface area contributed by atoms with Crippen LogP contribution in [0.25, 0.3) is 0 Å². The first-order valence-corrected chi connectivity index (χ1v) is 15.6. The summed E-state index contributed by atoms with van der Waals surface area (Å²) in [5, 5.41) is 39.1. The molecule has 0 spiro atoms. The summed E-state index contributed by atoms with van der Waals surface area (Å²) >= 11 is 0. The highest BCUT2D eigenvalue weighted by atomic mass is 15.1. The predicted octanol–water partition coefficient (Wildman–Crippen LogP) is -2.22. The van der Waals surface area contributed by atoms with Crippen molar-refractivity contribution in [2.24, 2.45) is 0 Å². The van der Waals surface area contributed by atoms with Crippen molar-refractivity contribution in [2.45, 2.75) is 45.1 Å². The Morgan fingerprint density at radius 3 is 1.00 bits per heavy atom. The molecule has 0 atom stereocenters. The first-order chi connectivity index (χ1) is 18.8. The van der Waals surface area contributed by atoms with Gasteiger partial charge in [0, 0.05) is 137 Å². The summed E-state index contributed by atoms with van der Waals surface area (Å²) in [5.74, 6) is 0. The third-order valence-corrected chi connectivity index (χ3v) is 6.80. The summed E-state index contributed by atoms with van der Waals surface area (Å²) in [7, 11) is 0. The Labute approximate surface area is 234 Å². The molecule has 1 aliphatic rings. The lowest BCUT2D eigenvalue weighted by molar-refractivity contribution is 0.263. The zero-order chi connectivity index (χ0) is 27.2. The highest BCUT2D eigenvalue weighted by Gasteiger charge is 2.26. The molecule has 0 aromatic heterocycles. The molecule has 0 bridgehead atoms. The molecule has 38 heavy (non-hydrogen) atoms. The van der Waals surface area contributed by atoms with Crippen LogP contribution < -0.4 is 58.5 Å². The van der Waals surface area contributed by atoms with Gasteiger partial charge in [-0.1, -0.05) is 26.7 Å². The van der Waals surface area contributed by atoms with E-state index in [4.69, 9.17) is 0 Å². The van der Waals surface area contributed by atoms with Crippen molar-refractivity contribution in [2.75, 3.05) is 131 Å². The van der Waals surface area contributed by atoms with Gasteiger partial charge in [-0.2, -0.15) is 0 Å². The van der Waals surface area contributed by atoms with Gasteiger partial charge >= 0.3 is 0 Å². The smallest absolute Gasteiger partial charge is 0.0455 e. The van der Waals surface area contributed by atoms with E-state index in [1.165, 1.54) is 25.7 Å². The van der Waals surface area contributed by atoms with Gasteiger partial charge in [0.1, 0.15) is 0 Å². The van der Waals surface area contributed by atoms with Crippen LogP contribution in [0.15, 0.2) is 0 Å². The van der Waals surface area contributed by atoms with Crippen LogP contribution in [0.3, 0.4) is 0 Å². The molecule has 1 fully saturated rings. The second kappa shape index (κ2) is 28.1. The van der Waals surface area contributed by atoms with Crippen LogP contribution in [0.4, 0.5) is 0 Å². The summed E-state index contributed by atoms with van der Waals surface area (Å²) < 4.78 is 0. The molecule has 0 aromatic carbocycles. The molecule has 0 saturated carbocycles. The molecule has 11 N–H and O–H groups in total. The summed E-state index contributed by atoms with van der Waals surface area (Å²) in [6.07, 6.45) is 4.84. The van der Waals surface area contributed by atoms with Gasteiger partial charge in [-0.3, -0.25) is 0 Å². The molecule has 0 aliphatic carbocycles. The fourth-order valence-corrected chi connectivity index (χ4v) is 4.80. The van der Waals surface area contributed by atoms with Crippen molar-refractivity contribution in [1.29, 1.82) is 0 Å². The van der Waals surface area contributed by atoms with Gasteiger partial charge in [0.25, 0.3) is 0 Å². The maximum Gasteiger partial charge on any atom is 0.0455 e. The van der Waals surface area contributed by atoms with Crippen LogP contribution in [0.5, 0.6) is 0 Å². The van der Waals surface area contributed by atoms with Crippen molar-refractivity contribution in [3.63, 3.8) is 0 Å². The first-order valence-electron chi connectivity index (χ1n) is 15.6. The zero-order valence-electron chi connectivity index (χ0n) is 25.0. The average molecular weight is 544 g/mol. The first kappa shape index (κ1) is 35.6. The highest BCUT2D eigenvalue weighted by Crippen LogP contribution is 2.18. The predicted molar refractivity (Wildman–Crippen MR) is 164 cm³/mol. The van der Waals surface area contributed by atoms with Gasteiger partial charge in [-0.05, 0) is 12.8 Å². The molecule has 1 saturated heterocycles. The van der Waals surface area contributed by atoms with E-state index in [9.17, 15) is 0 Å². The lowest BCUT2D eigenvalue weighted by Crippen LogP contribution is -2.54. The van der Waals surface area contributed by atoms with E-state index in [1.54, 1.807) is 0 Å². The van der Waals surface area contributed by atoms with E-state index in [2.05, 4.69) is 72.3 Å². The molecule has 1 aliphatic heterocycles. The van der Waals surface area contributed by atoms with E-state index < -0.39 is 0 Å². The minimum absolute atomic E-state index is 0.190. The van der Waals surface area contributed by atoms with E-state index in [-0.39, 0.29) is 5.54 Å². The molecule has 0 unspecified atom stereocenters. The van der Waals surface area contributed by atoms with Crippen LogP contribution in [-0.2, 0) is 0 Å². The highest BCUT2D eigenvalue weighted by molar-refractivity contribution is 4.90. The van der Waals surface area contributed by atoms with Crippen molar-refractivity contribution >= 4 is 0 Å². The maximum absolute atomic E-state index is 3.91. The van der Waals surface area contributed by atoms with E-state index in [0.29, 0.717) is 0 Å². The van der Waals surface area contributed by atoms with Gasteiger partial charge in [0.05, 0.1) is 0 Å². The number of rotatable bonds is 4. The van der Waals surface area contributed by atoms with Gasteiger partial charge in [-0.25, -0.2) is 0 Å². The monoisotopic (exact) mass is 544 g/mol. The van der Waals surface area contributed by atoms with Crippen molar-refractivity contribution in [3.05, 3.63) is 0 Å². The van der Waals surface area contributed by atoms with Crippen LogP contribution in [0.2, 0.25) is 0 Å². The van der Waals surface area contributed by atoms with E-state index >= 15 is 0 Å². The Morgan fingerprint density at radius 1 is 0.368 bits per heavy atom. The molecule has 11 nitrogen and oxygen atoms in total. The Balaban J connectivity index is 2.30. The van der Waals surface area contributed by atoms with Crippen LogP contribution >= 0.6 is 0 Å². The Hall–Kier alpha value is -0.440. The molecule has 0 radical (unpaired) electrons. The zero-order valence-corrected chi connectivity index (χ0v) is 25.0. The molecule has 0 aromatic rings. The fourth-order valence-electron chi connectivity index (χ4n) is 4.80. The van der Waals surface area contributed by atoms with Gasteiger partial charge < -0.3 is 58.5 Å². The van der Waals surface area contributed by atoms with Crippen LogP contribution in [0.1, 0.15) is 39.5 Å². The summed E-state index contributed by atoms with van der Waals surface area (Å²) in [6.45, 7) is 24.6. The molecular weight excluding hydrogens is 478 g/mol. The lowest BCUT2D eigenvalue weighted by Gasteiger charge is -2.35. The third kappa shape index (κ3) is 22.4. The standard InChI is InChI=1S/C27H65N11/c1-3-5-27(6-4-2)25-35-21-19-33-17-15-31-13-11-29-9-7-28-8-10-30-12-14-32-16-18-34-20-22-36-26-37-23-24-38-27/h28-38H,3-26H2,1-2H3. The third-order valence-electron chi connectivity index (χ3n) is 6.80. The topological polar surface area (TPSA) is 132 Å². The average Bonchev–Trinajstić information content (AvgIpc) is 2.91. The fraction of sp³-hybridized carbons (Fsp3) is 1.00. The molecule has 11 heteroatoms. The van der Waals surface area contributed by atoms with Gasteiger partial charge in [0.15, 0.2) is 0 Å². The minimum Gasteiger partial charge on any atom is -0.314 e. The van der Waals surface area contributed by atoms with Gasteiger partial charge in [-0.15, -0.1) is 0 Å². The summed E-state index contributed by atoms with van der Waals surface area (Å²) in [5.41, 5.74) is 0.190. The maximum atomic E-state index is 3.91. The van der Waals surface area contributed by atoms with Gasteiger partial charge in [0.2, 0.25) is 0 Å².